The first-order chi connectivity index (χ1) is 28.6. The van der Waals surface area contributed by atoms with Crippen molar-refractivity contribution < 1.29 is 18.8 Å². The number of fused-ring (bicyclic) bond motifs is 3. The van der Waals surface area contributed by atoms with Crippen molar-refractivity contribution in [3.05, 3.63) is 113 Å². The van der Waals surface area contributed by atoms with Gasteiger partial charge in [-0.3, -0.25) is 14.4 Å². The van der Waals surface area contributed by atoms with E-state index in [4.69, 9.17) is 23.0 Å². The molecule has 3 amide bonds. The molecule has 14 nitrogen and oxygen atoms in total. The van der Waals surface area contributed by atoms with Gasteiger partial charge in [0.05, 0.1) is 10.9 Å². The van der Waals surface area contributed by atoms with Crippen LogP contribution in [-0.2, 0) is 33.9 Å². The van der Waals surface area contributed by atoms with Gasteiger partial charge in [0.2, 0.25) is 17.7 Å². The normalized spacial score (nSPS) is 18.5. The summed E-state index contributed by atoms with van der Waals surface area (Å²) in [5.41, 5.74) is 22.6. The molecule has 0 spiro atoms. The molecule has 0 aliphatic carbocycles. The van der Waals surface area contributed by atoms with Gasteiger partial charge >= 0.3 is 0 Å². The third kappa shape index (κ3) is 10.3. The highest BCUT2D eigenvalue weighted by Crippen LogP contribution is 2.39. The summed E-state index contributed by atoms with van der Waals surface area (Å²) in [6, 6.07) is 18.9. The van der Waals surface area contributed by atoms with Crippen LogP contribution >= 0.6 is 11.8 Å². The number of aromatic amines is 1. The van der Waals surface area contributed by atoms with Crippen LogP contribution in [0.3, 0.4) is 0 Å². The highest BCUT2D eigenvalue weighted by atomic mass is 32.2. The molecule has 16 heteroatoms. The maximum atomic E-state index is 16.3. The Bertz CT molecular complexity index is 2280. The number of carbonyl (C=O) groups excluding carboxylic acids is 3. The van der Waals surface area contributed by atoms with Crippen LogP contribution in [0.2, 0.25) is 0 Å². The molecule has 2 aromatic heterocycles. The quantitative estimate of drug-likeness (QED) is 0.0317. The molecule has 0 radical (unpaired) electrons. The lowest BCUT2D eigenvalue weighted by molar-refractivity contribution is -0.142. The number of benzene rings is 3. The molecule has 6 rings (SSSR count). The molecular weight excluding hydrogens is 770 g/mol. The van der Waals surface area contributed by atoms with E-state index >= 15 is 4.39 Å². The summed E-state index contributed by atoms with van der Waals surface area (Å²) in [6.45, 7) is 0.913. The number of nitrogens with zero attached hydrogens (tertiary/aromatic N) is 3. The second-order valence-corrected chi connectivity index (χ2v) is 15.5. The number of nitrogens with two attached hydrogens (primary N) is 4. The lowest BCUT2D eigenvalue weighted by atomic mass is 9.97. The van der Waals surface area contributed by atoms with Gasteiger partial charge in [0, 0.05) is 55.4 Å². The van der Waals surface area contributed by atoms with Crippen molar-refractivity contribution in [2.75, 3.05) is 20.1 Å². The maximum Gasteiger partial charge on any atom is 0.245 e. The van der Waals surface area contributed by atoms with Crippen LogP contribution in [0.15, 0.2) is 100 Å². The summed E-state index contributed by atoms with van der Waals surface area (Å²) in [6.07, 6.45) is 6.11. The van der Waals surface area contributed by atoms with E-state index in [1.165, 1.54) is 11.0 Å². The SMILES string of the molecule is CN1C(=O)[C@H](CCCCN)NC(=O)[C@H](CCCN)NCc2cccnc2Sc2c(F)ccc(-c3ccc(/C(N)=N/N)cc3)c2CNC(=O)[C@@H]1Cc1c[nH]c2ccccc12. The van der Waals surface area contributed by atoms with Crippen molar-refractivity contribution >= 4 is 46.2 Å². The Hall–Kier alpha value is -5.81. The van der Waals surface area contributed by atoms with Crippen molar-refractivity contribution in [1.82, 2.24) is 30.8 Å². The summed E-state index contributed by atoms with van der Waals surface area (Å²) in [5.74, 6) is 3.82. The van der Waals surface area contributed by atoms with E-state index in [-0.39, 0.29) is 36.1 Å². The van der Waals surface area contributed by atoms with Crippen LogP contribution in [0, 0.1) is 5.82 Å². The second-order valence-electron chi connectivity index (χ2n) is 14.5. The lowest BCUT2D eigenvalue weighted by Gasteiger charge is -2.32. The molecule has 59 heavy (non-hydrogen) atoms. The predicted octanol–water partition coefficient (Wildman–Crippen LogP) is 3.61. The number of H-pyrrole nitrogens is 1. The van der Waals surface area contributed by atoms with Crippen LogP contribution in [-0.4, -0.2) is 76.7 Å². The Morgan fingerprint density at radius 2 is 1.68 bits per heavy atom. The van der Waals surface area contributed by atoms with Crippen molar-refractivity contribution in [1.29, 1.82) is 0 Å². The monoisotopic (exact) mass is 821 g/mol. The van der Waals surface area contributed by atoms with E-state index in [1.54, 1.807) is 37.5 Å². The Kier molecular flexibility index (Phi) is 14.7. The second kappa shape index (κ2) is 20.2. The average Bonchev–Trinajstić information content (AvgIpc) is 3.67. The minimum atomic E-state index is -1.02. The standard InChI is InChI=1S/C43H52FN11O3S/c1-55-37(22-29-24-50-34-10-3-2-9-31(29)34)41(57)52-25-32-30(26-13-15-27(16-14-26)39(47)54-48)17-18-33(44)38(32)59-42-28(8-7-21-49-42)23-51-35(12-6-20-46)40(56)53-36(43(55)58)11-4-5-19-45/h2-3,7-10,13-18,21,24,35-37,50-51H,4-6,11-12,19-20,22-23,25,45-46,48H2,1H3,(H2,47,54)(H,52,57)(H,53,56)/t35-,36-,37-/m0/s1. The van der Waals surface area contributed by atoms with E-state index in [9.17, 15) is 14.4 Å². The molecule has 0 saturated carbocycles. The number of pyridine rings is 1. The van der Waals surface area contributed by atoms with E-state index in [0.29, 0.717) is 66.9 Å². The van der Waals surface area contributed by atoms with E-state index in [0.717, 1.165) is 39.4 Å². The van der Waals surface area contributed by atoms with Crippen molar-refractivity contribution in [2.45, 2.75) is 79.7 Å². The smallest absolute Gasteiger partial charge is 0.245 e. The van der Waals surface area contributed by atoms with Gasteiger partial charge in [0.25, 0.3) is 0 Å². The first-order valence-electron chi connectivity index (χ1n) is 19.7. The summed E-state index contributed by atoms with van der Waals surface area (Å²) >= 11 is 1.14. The third-order valence-corrected chi connectivity index (χ3v) is 11.9. The van der Waals surface area contributed by atoms with Crippen LogP contribution < -0.4 is 39.0 Å². The molecule has 310 valence electrons. The zero-order valence-corrected chi connectivity index (χ0v) is 33.9. The number of nitrogens with one attached hydrogen (secondary N) is 4. The van der Waals surface area contributed by atoms with Crippen molar-refractivity contribution in [2.24, 2.45) is 28.1 Å². The van der Waals surface area contributed by atoms with Gasteiger partial charge in [0.1, 0.15) is 28.8 Å². The molecule has 3 atom stereocenters. The van der Waals surface area contributed by atoms with E-state index in [1.807, 2.05) is 48.7 Å². The average molecular weight is 822 g/mol. The highest BCUT2D eigenvalue weighted by Gasteiger charge is 2.34. The zero-order valence-electron chi connectivity index (χ0n) is 33.0. The zero-order chi connectivity index (χ0) is 41.9. The van der Waals surface area contributed by atoms with Gasteiger partial charge in [-0.25, -0.2) is 9.37 Å². The topological polar surface area (TPSA) is 236 Å². The van der Waals surface area contributed by atoms with Gasteiger partial charge in [-0.1, -0.05) is 66.4 Å². The summed E-state index contributed by atoms with van der Waals surface area (Å²) in [5, 5.41) is 14.5. The van der Waals surface area contributed by atoms with Gasteiger partial charge in [-0.2, -0.15) is 5.10 Å². The minimum Gasteiger partial charge on any atom is -0.382 e. The first kappa shape index (κ1) is 42.8. The van der Waals surface area contributed by atoms with Gasteiger partial charge in [-0.15, -0.1) is 0 Å². The largest absolute Gasteiger partial charge is 0.382 e. The number of hydrogen-bond donors (Lipinski definition) is 8. The van der Waals surface area contributed by atoms with Gasteiger partial charge in [0.15, 0.2) is 0 Å². The number of aromatic nitrogens is 2. The third-order valence-electron chi connectivity index (χ3n) is 10.7. The highest BCUT2D eigenvalue weighted by molar-refractivity contribution is 7.99. The van der Waals surface area contributed by atoms with Crippen LogP contribution in [0.25, 0.3) is 22.0 Å². The molecule has 0 unspecified atom stereocenters. The predicted molar refractivity (Wildman–Crippen MR) is 229 cm³/mol. The van der Waals surface area contributed by atoms with Gasteiger partial charge < -0.3 is 48.9 Å². The molecule has 1 aliphatic heterocycles. The fraction of sp³-hybridized carbons (Fsp3) is 0.326. The number of carbonyl (C=O) groups is 3. The number of hydrogen-bond acceptors (Lipinski definition) is 10. The Labute approximate surface area is 347 Å². The fourth-order valence-electron chi connectivity index (χ4n) is 7.31. The minimum absolute atomic E-state index is 0.0902. The van der Waals surface area contributed by atoms with Gasteiger partial charge in [-0.05, 0) is 91.2 Å². The maximum absolute atomic E-state index is 16.3. The summed E-state index contributed by atoms with van der Waals surface area (Å²) in [7, 11) is 1.58. The number of halogens is 1. The number of rotatable bonds is 11. The van der Waals surface area contributed by atoms with Crippen LogP contribution in [0.1, 0.15) is 54.4 Å². The van der Waals surface area contributed by atoms with Crippen LogP contribution in [0.5, 0.6) is 0 Å². The summed E-state index contributed by atoms with van der Waals surface area (Å²) in [4.78, 5) is 53.0. The number of amides is 3. The molecule has 1 aliphatic rings. The molecule has 0 saturated heterocycles. The molecule has 0 fully saturated rings. The number of hydrazone groups is 1. The number of unbranched alkanes of at least 4 members (excludes halogenated alkanes) is 1. The van der Waals surface area contributed by atoms with Crippen molar-refractivity contribution in [3.63, 3.8) is 0 Å². The van der Waals surface area contributed by atoms with E-state index < -0.39 is 35.8 Å². The number of amidine groups is 1. The Morgan fingerprint density at radius 3 is 2.44 bits per heavy atom. The Morgan fingerprint density at radius 1 is 0.915 bits per heavy atom. The van der Waals surface area contributed by atoms with Crippen LogP contribution in [0.4, 0.5) is 4.39 Å². The Balaban J connectivity index is 1.48. The molecule has 12 N–H and O–H groups in total. The molecule has 5 aromatic rings. The summed E-state index contributed by atoms with van der Waals surface area (Å²) < 4.78 is 16.3. The lowest BCUT2D eigenvalue weighted by Crippen LogP contribution is -2.57. The van der Waals surface area contributed by atoms with Crippen molar-refractivity contribution in [3.8, 4) is 11.1 Å². The molecular formula is C43H52FN11O3S. The molecule has 3 heterocycles. The number of para-hydroxylation sites is 1. The number of likely N-dealkylation sites (N-methyl/N-ethyl adjacent to an activating group) is 1. The molecule has 3 aromatic carbocycles. The first-order valence-corrected chi connectivity index (χ1v) is 20.6. The molecule has 0 bridgehead atoms. The van der Waals surface area contributed by atoms with E-state index in [2.05, 4.69) is 31.0 Å². The fourth-order valence-corrected chi connectivity index (χ4v) is 8.36.